The first-order valence-electron chi connectivity index (χ1n) is 5.63. The quantitative estimate of drug-likeness (QED) is 0.843. The van der Waals surface area contributed by atoms with Gasteiger partial charge in [-0.15, -0.1) is 0 Å². The molecule has 1 aromatic carbocycles. The first-order chi connectivity index (χ1) is 8.13. The molecule has 92 valence electrons. The Kier molecular flexibility index (Phi) is 3.54. The summed E-state index contributed by atoms with van der Waals surface area (Å²) < 4.78 is 0. The number of hydrogen-bond acceptors (Lipinski definition) is 3. The summed E-state index contributed by atoms with van der Waals surface area (Å²) in [5.74, 6) is -0.111. The van der Waals surface area contributed by atoms with Gasteiger partial charge in [-0.2, -0.15) is 0 Å². The molecule has 1 unspecified atom stereocenters. The minimum Gasteiger partial charge on any atom is -0.508 e. The second-order valence-electron chi connectivity index (χ2n) is 4.19. The Bertz CT molecular complexity index is 437. The molecular weight excluding hydrogens is 240 g/mol. The van der Waals surface area contributed by atoms with Gasteiger partial charge in [-0.25, -0.2) is 0 Å². The van der Waals surface area contributed by atoms with E-state index in [1.165, 1.54) is 18.2 Å². The zero-order valence-electron chi connectivity index (χ0n) is 9.40. The van der Waals surface area contributed by atoms with E-state index in [9.17, 15) is 9.90 Å². The molecule has 1 fully saturated rings. The fourth-order valence-electron chi connectivity index (χ4n) is 2.18. The normalized spacial score (nSPS) is 19.6. The number of nitrogens with zero attached hydrogens (tertiary/aromatic N) is 1. The van der Waals surface area contributed by atoms with Gasteiger partial charge in [0.2, 0.25) is 0 Å². The first kappa shape index (κ1) is 12.2. The van der Waals surface area contributed by atoms with Gasteiger partial charge >= 0.3 is 0 Å². The molecule has 0 bridgehead atoms. The molecule has 17 heavy (non-hydrogen) atoms. The summed E-state index contributed by atoms with van der Waals surface area (Å²) in [5, 5.41) is 9.76. The standard InChI is InChI=1S/C12H15ClN2O2/c13-11-4-3-9(16)6-10(11)12(17)15-5-1-2-8(15)7-14/h3-4,6,8,16H,1-2,5,7,14H2. The number of halogens is 1. The van der Waals surface area contributed by atoms with Crippen molar-refractivity contribution in [1.29, 1.82) is 0 Å². The number of carbonyl (C=O) groups is 1. The van der Waals surface area contributed by atoms with Gasteiger partial charge in [-0.3, -0.25) is 4.79 Å². The van der Waals surface area contributed by atoms with Crippen molar-refractivity contribution in [3.05, 3.63) is 28.8 Å². The third-order valence-electron chi connectivity index (χ3n) is 3.09. The number of amides is 1. The molecule has 5 heteroatoms. The number of aromatic hydroxyl groups is 1. The van der Waals surface area contributed by atoms with Crippen molar-refractivity contribution in [3.63, 3.8) is 0 Å². The van der Waals surface area contributed by atoms with Gasteiger partial charge in [-0.1, -0.05) is 11.6 Å². The van der Waals surface area contributed by atoms with Crippen LogP contribution in [-0.4, -0.2) is 35.0 Å². The van der Waals surface area contributed by atoms with E-state index in [1.54, 1.807) is 4.90 Å². The Morgan fingerprint density at radius 2 is 2.35 bits per heavy atom. The molecule has 3 N–H and O–H groups in total. The number of carbonyl (C=O) groups excluding carboxylic acids is 1. The smallest absolute Gasteiger partial charge is 0.255 e. The molecule has 0 radical (unpaired) electrons. The molecule has 1 saturated heterocycles. The van der Waals surface area contributed by atoms with E-state index in [1.807, 2.05) is 0 Å². The first-order valence-corrected chi connectivity index (χ1v) is 6.01. The fraction of sp³-hybridized carbons (Fsp3) is 0.417. The topological polar surface area (TPSA) is 66.6 Å². The van der Waals surface area contributed by atoms with Crippen LogP contribution in [0.25, 0.3) is 0 Å². The zero-order chi connectivity index (χ0) is 12.4. The zero-order valence-corrected chi connectivity index (χ0v) is 10.2. The van der Waals surface area contributed by atoms with Crippen LogP contribution in [0, 0.1) is 0 Å². The maximum atomic E-state index is 12.3. The highest BCUT2D eigenvalue weighted by Gasteiger charge is 2.29. The summed E-state index contributed by atoms with van der Waals surface area (Å²) in [4.78, 5) is 14.0. The van der Waals surface area contributed by atoms with Gasteiger partial charge in [0.25, 0.3) is 5.91 Å². The fourth-order valence-corrected chi connectivity index (χ4v) is 2.38. The molecule has 1 heterocycles. The molecule has 0 saturated carbocycles. The Labute approximate surface area is 105 Å². The van der Waals surface area contributed by atoms with Crippen molar-refractivity contribution in [3.8, 4) is 5.75 Å². The molecule has 4 nitrogen and oxygen atoms in total. The SMILES string of the molecule is NCC1CCCN1C(=O)c1cc(O)ccc1Cl. The van der Waals surface area contributed by atoms with E-state index in [4.69, 9.17) is 17.3 Å². The van der Waals surface area contributed by atoms with Gasteiger partial charge in [0.15, 0.2) is 0 Å². The van der Waals surface area contributed by atoms with E-state index < -0.39 is 0 Å². The van der Waals surface area contributed by atoms with Gasteiger partial charge in [0.05, 0.1) is 10.6 Å². The monoisotopic (exact) mass is 254 g/mol. The highest BCUT2D eigenvalue weighted by Crippen LogP contribution is 2.26. The number of likely N-dealkylation sites (tertiary alicyclic amines) is 1. The van der Waals surface area contributed by atoms with E-state index in [0.717, 1.165) is 12.8 Å². The summed E-state index contributed by atoms with van der Waals surface area (Å²) in [6.07, 6.45) is 1.89. The Balaban J connectivity index is 2.27. The van der Waals surface area contributed by atoms with Crippen molar-refractivity contribution < 1.29 is 9.90 Å². The van der Waals surface area contributed by atoms with Crippen LogP contribution in [0.5, 0.6) is 5.75 Å². The van der Waals surface area contributed by atoms with Crippen LogP contribution in [-0.2, 0) is 0 Å². The highest BCUT2D eigenvalue weighted by molar-refractivity contribution is 6.33. The van der Waals surface area contributed by atoms with Gasteiger partial charge in [-0.05, 0) is 31.0 Å². The molecule has 1 aromatic rings. The predicted octanol–water partition coefficient (Wildman–Crippen LogP) is 1.61. The van der Waals surface area contributed by atoms with Crippen molar-refractivity contribution in [2.75, 3.05) is 13.1 Å². The summed E-state index contributed by atoms with van der Waals surface area (Å²) in [6.45, 7) is 1.16. The molecule has 0 aliphatic carbocycles. The van der Waals surface area contributed by atoms with E-state index in [2.05, 4.69) is 0 Å². The molecular formula is C12H15ClN2O2. The predicted molar refractivity (Wildman–Crippen MR) is 66.2 cm³/mol. The second kappa shape index (κ2) is 4.94. The lowest BCUT2D eigenvalue weighted by Crippen LogP contribution is -2.40. The average molecular weight is 255 g/mol. The Morgan fingerprint density at radius 1 is 1.59 bits per heavy atom. The minimum atomic E-state index is -0.154. The summed E-state index contributed by atoms with van der Waals surface area (Å²) in [5.41, 5.74) is 5.97. The summed E-state index contributed by atoms with van der Waals surface area (Å²) in [7, 11) is 0. The van der Waals surface area contributed by atoms with Crippen LogP contribution in [0.4, 0.5) is 0 Å². The lowest BCUT2D eigenvalue weighted by Gasteiger charge is -2.23. The average Bonchev–Trinajstić information content (AvgIpc) is 2.79. The van der Waals surface area contributed by atoms with Crippen molar-refractivity contribution in [1.82, 2.24) is 4.90 Å². The lowest BCUT2D eigenvalue weighted by atomic mass is 10.1. The number of phenols is 1. The van der Waals surface area contributed by atoms with Crippen LogP contribution in [0.15, 0.2) is 18.2 Å². The number of nitrogens with two attached hydrogens (primary N) is 1. The third kappa shape index (κ3) is 2.37. The molecule has 1 atom stereocenters. The second-order valence-corrected chi connectivity index (χ2v) is 4.60. The number of phenolic OH excluding ortho intramolecular Hbond substituents is 1. The van der Waals surface area contributed by atoms with Crippen molar-refractivity contribution in [2.45, 2.75) is 18.9 Å². The van der Waals surface area contributed by atoms with Gasteiger partial charge < -0.3 is 15.7 Å². The van der Waals surface area contributed by atoms with Crippen molar-refractivity contribution >= 4 is 17.5 Å². The van der Waals surface area contributed by atoms with Crippen LogP contribution >= 0.6 is 11.6 Å². The van der Waals surface area contributed by atoms with E-state index in [0.29, 0.717) is 23.7 Å². The molecule has 1 amide bonds. The van der Waals surface area contributed by atoms with Crippen LogP contribution in [0.2, 0.25) is 5.02 Å². The maximum absolute atomic E-state index is 12.3. The Hall–Kier alpha value is -1.26. The number of hydrogen-bond donors (Lipinski definition) is 2. The largest absolute Gasteiger partial charge is 0.508 e. The van der Waals surface area contributed by atoms with Crippen molar-refractivity contribution in [2.24, 2.45) is 5.73 Å². The highest BCUT2D eigenvalue weighted by atomic mass is 35.5. The lowest BCUT2D eigenvalue weighted by molar-refractivity contribution is 0.0741. The van der Waals surface area contributed by atoms with E-state index in [-0.39, 0.29) is 17.7 Å². The minimum absolute atomic E-state index is 0.0428. The number of rotatable bonds is 2. The Morgan fingerprint density at radius 3 is 3.06 bits per heavy atom. The third-order valence-corrected chi connectivity index (χ3v) is 3.42. The van der Waals surface area contributed by atoms with Crippen LogP contribution in [0.1, 0.15) is 23.2 Å². The van der Waals surface area contributed by atoms with Gasteiger partial charge in [0.1, 0.15) is 5.75 Å². The molecule has 0 spiro atoms. The molecule has 1 aliphatic rings. The summed E-state index contributed by atoms with van der Waals surface area (Å²) >= 11 is 5.97. The summed E-state index contributed by atoms with van der Waals surface area (Å²) in [6, 6.07) is 4.47. The maximum Gasteiger partial charge on any atom is 0.255 e. The number of benzene rings is 1. The van der Waals surface area contributed by atoms with Crippen LogP contribution in [0.3, 0.4) is 0 Å². The molecule has 0 aromatic heterocycles. The molecule has 2 rings (SSSR count). The molecule has 1 aliphatic heterocycles. The van der Waals surface area contributed by atoms with Crippen LogP contribution < -0.4 is 5.73 Å². The van der Waals surface area contributed by atoms with Gasteiger partial charge in [0, 0.05) is 19.1 Å². The van der Waals surface area contributed by atoms with E-state index >= 15 is 0 Å².